The molecule has 1 saturated carbocycles. The van der Waals surface area contributed by atoms with Crippen molar-refractivity contribution in [2.24, 2.45) is 0 Å². The molecule has 2 fully saturated rings. The molecule has 1 aromatic rings. The van der Waals surface area contributed by atoms with E-state index in [9.17, 15) is 13.2 Å². The van der Waals surface area contributed by atoms with Gasteiger partial charge in [0.25, 0.3) is 0 Å². The first-order chi connectivity index (χ1) is 10.8. The third-order valence-electron chi connectivity index (χ3n) is 5.30. The van der Waals surface area contributed by atoms with Crippen LogP contribution in [-0.2, 0) is 20.0 Å². The fourth-order valence-corrected chi connectivity index (χ4v) is 5.05. The smallest absolute Gasteiger partial charge is 0.233 e. The Morgan fingerprint density at radius 3 is 2.35 bits per heavy atom. The van der Waals surface area contributed by atoms with E-state index in [0.29, 0.717) is 24.5 Å². The lowest BCUT2D eigenvalue weighted by Crippen LogP contribution is -2.45. The van der Waals surface area contributed by atoms with Crippen LogP contribution in [-0.4, -0.2) is 43.8 Å². The number of amides is 1. The second kappa shape index (κ2) is 6.10. The summed E-state index contributed by atoms with van der Waals surface area (Å²) in [5, 5.41) is 0.239. The average Bonchev–Trinajstić information content (AvgIpc) is 3.17. The SMILES string of the molecule is CS(=O)(=O)C1CCN(C(=O)C2(c3ccc(Cl)cc3)CCCC2)C1. The molecule has 2 aliphatic rings. The normalized spacial score (nSPS) is 24.1. The van der Waals surface area contributed by atoms with E-state index in [-0.39, 0.29) is 5.91 Å². The first-order valence-corrected chi connectivity index (χ1v) is 10.4. The van der Waals surface area contributed by atoms with Gasteiger partial charge in [-0.25, -0.2) is 8.42 Å². The maximum Gasteiger partial charge on any atom is 0.233 e. The Bertz CT molecular complexity index is 693. The molecule has 0 aromatic heterocycles. The molecule has 1 saturated heterocycles. The van der Waals surface area contributed by atoms with E-state index in [2.05, 4.69) is 0 Å². The van der Waals surface area contributed by atoms with Crippen LogP contribution in [0.1, 0.15) is 37.7 Å². The quantitative estimate of drug-likeness (QED) is 0.837. The van der Waals surface area contributed by atoms with Gasteiger partial charge in [0.1, 0.15) is 0 Å². The second-order valence-corrected chi connectivity index (χ2v) is 9.55. The Morgan fingerprint density at radius 2 is 1.83 bits per heavy atom. The maximum atomic E-state index is 13.2. The highest BCUT2D eigenvalue weighted by molar-refractivity contribution is 7.91. The van der Waals surface area contributed by atoms with Crippen molar-refractivity contribution < 1.29 is 13.2 Å². The van der Waals surface area contributed by atoms with Gasteiger partial charge in [-0.3, -0.25) is 4.79 Å². The van der Waals surface area contributed by atoms with Crippen LogP contribution >= 0.6 is 11.6 Å². The standard InChI is InChI=1S/C17H22ClNO3S/c1-23(21,22)15-8-11-19(12-15)16(20)17(9-2-3-10-17)13-4-6-14(18)7-5-13/h4-7,15H,2-3,8-12H2,1H3. The zero-order valence-electron chi connectivity index (χ0n) is 13.3. The molecule has 126 valence electrons. The molecule has 1 aromatic carbocycles. The average molecular weight is 356 g/mol. The molecular weight excluding hydrogens is 334 g/mol. The molecule has 1 atom stereocenters. The van der Waals surface area contributed by atoms with Crippen molar-refractivity contribution in [3.63, 3.8) is 0 Å². The van der Waals surface area contributed by atoms with E-state index < -0.39 is 20.5 Å². The molecule has 1 heterocycles. The number of rotatable bonds is 3. The fraction of sp³-hybridized carbons (Fsp3) is 0.588. The van der Waals surface area contributed by atoms with Crippen LogP contribution in [0.4, 0.5) is 0 Å². The minimum Gasteiger partial charge on any atom is -0.341 e. The van der Waals surface area contributed by atoms with Crippen molar-refractivity contribution in [2.45, 2.75) is 42.8 Å². The maximum absolute atomic E-state index is 13.2. The summed E-state index contributed by atoms with van der Waals surface area (Å²) in [4.78, 5) is 15.0. The summed E-state index contributed by atoms with van der Waals surface area (Å²) in [6, 6.07) is 7.53. The molecule has 23 heavy (non-hydrogen) atoms. The van der Waals surface area contributed by atoms with E-state index in [1.54, 1.807) is 4.90 Å². The van der Waals surface area contributed by atoms with Gasteiger partial charge in [0, 0.05) is 24.4 Å². The Balaban J connectivity index is 1.87. The number of hydrogen-bond acceptors (Lipinski definition) is 3. The second-order valence-electron chi connectivity index (χ2n) is 6.79. The van der Waals surface area contributed by atoms with Gasteiger partial charge in [0.05, 0.1) is 10.7 Å². The molecule has 0 radical (unpaired) electrons. The Hall–Kier alpha value is -1.07. The van der Waals surface area contributed by atoms with Crippen LogP contribution in [0.25, 0.3) is 0 Å². The zero-order chi connectivity index (χ0) is 16.7. The minimum atomic E-state index is -3.09. The summed E-state index contributed by atoms with van der Waals surface area (Å²) < 4.78 is 23.5. The highest BCUT2D eigenvalue weighted by Crippen LogP contribution is 2.43. The van der Waals surface area contributed by atoms with Crippen LogP contribution in [0.3, 0.4) is 0 Å². The lowest BCUT2D eigenvalue weighted by Gasteiger charge is -2.33. The van der Waals surface area contributed by atoms with Gasteiger partial charge in [-0.1, -0.05) is 36.6 Å². The summed E-state index contributed by atoms with van der Waals surface area (Å²) in [7, 11) is -3.09. The largest absolute Gasteiger partial charge is 0.341 e. The molecule has 6 heteroatoms. The number of carbonyl (C=O) groups is 1. The molecule has 4 nitrogen and oxygen atoms in total. The number of hydrogen-bond donors (Lipinski definition) is 0. The van der Waals surface area contributed by atoms with E-state index in [1.807, 2.05) is 24.3 Å². The summed E-state index contributed by atoms with van der Waals surface area (Å²) in [5.41, 5.74) is 0.504. The van der Waals surface area contributed by atoms with Gasteiger partial charge in [-0.15, -0.1) is 0 Å². The summed E-state index contributed by atoms with van der Waals surface area (Å²) in [6.07, 6.45) is 5.51. The van der Waals surface area contributed by atoms with Crippen LogP contribution in [0.2, 0.25) is 5.02 Å². The molecule has 1 amide bonds. The predicted molar refractivity (Wildman–Crippen MR) is 91.4 cm³/mol. The van der Waals surface area contributed by atoms with Crippen molar-refractivity contribution in [3.05, 3.63) is 34.9 Å². The predicted octanol–water partition coefficient (Wildman–Crippen LogP) is 2.80. The highest BCUT2D eigenvalue weighted by atomic mass is 35.5. The lowest BCUT2D eigenvalue weighted by molar-refractivity contribution is -0.136. The zero-order valence-corrected chi connectivity index (χ0v) is 14.9. The van der Waals surface area contributed by atoms with Crippen LogP contribution < -0.4 is 0 Å². The summed E-state index contributed by atoms with van der Waals surface area (Å²) in [5.74, 6) is 0.0865. The lowest BCUT2D eigenvalue weighted by atomic mass is 9.77. The topological polar surface area (TPSA) is 54.5 Å². The first kappa shape index (κ1) is 16.8. The van der Waals surface area contributed by atoms with Gasteiger partial charge >= 0.3 is 0 Å². The van der Waals surface area contributed by atoms with Gasteiger partial charge in [0.2, 0.25) is 5.91 Å². The van der Waals surface area contributed by atoms with Crippen LogP contribution in [0.15, 0.2) is 24.3 Å². The van der Waals surface area contributed by atoms with Gasteiger partial charge in [-0.05, 0) is 37.0 Å². The van der Waals surface area contributed by atoms with Gasteiger partial charge in [-0.2, -0.15) is 0 Å². The molecule has 1 aliphatic heterocycles. The third-order valence-corrected chi connectivity index (χ3v) is 7.15. The van der Waals surface area contributed by atoms with E-state index >= 15 is 0 Å². The Kier molecular flexibility index (Phi) is 4.45. The molecule has 1 aliphatic carbocycles. The molecule has 0 N–H and O–H groups in total. The minimum absolute atomic E-state index is 0.0865. The number of nitrogens with zero attached hydrogens (tertiary/aromatic N) is 1. The van der Waals surface area contributed by atoms with Crippen molar-refractivity contribution >= 4 is 27.3 Å². The van der Waals surface area contributed by atoms with Crippen LogP contribution in [0, 0.1) is 0 Å². The van der Waals surface area contributed by atoms with E-state index in [4.69, 9.17) is 11.6 Å². The monoisotopic (exact) mass is 355 g/mol. The molecule has 3 rings (SSSR count). The molecular formula is C17H22ClNO3S. The Labute approximate surface area is 142 Å². The number of carbonyl (C=O) groups excluding carboxylic acids is 1. The number of sulfone groups is 1. The molecule has 0 spiro atoms. The molecule has 1 unspecified atom stereocenters. The van der Waals surface area contributed by atoms with Crippen LogP contribution in [0.5, 0.6) is 0 Å². The van der Waals surface area contributed by atoms with E-state index in [0.717, 1.165) is 31.2 Å². The number of benzene rings is 1. The first-order valence-electron chi connectivity index (χ1n) is 8.07. The number of halogens is 1. The summed E-state index contributed by atoms with van der Waals surface area (Å²) >= 11 is 5.98. The van der Waals surface area contributed by atoms with Gasteiger partial charge in [0.15, 0.2) is 9.84 Å². The summed E-state index contributed by atoms with van der Waals surface area (Å²) in [6.45, 7) is 0.860. The Morgan fingerprint density at radius 1 is 1.22 bits per heavy atom. The molecule has 0 bridgehead atoms. The van der Waals surface area contributed by atoms with Crippen molar-refractivity contribution in [3.8, 4) is 0 Å². The van der Waals surface area contributed by atoms with Crippen molar-refractivity contribution in [1.29, 1.82) is 0 Å². The third kappa shape index (κ3) is 3.13. The fourth-order valence-electron chi connectivity index (χ4n) is 3.94. The van der Waals surface area contributed by atoms with E-state index in [1.165, 1.54) is 6.26 Å². The number of likely N-dealkylation sites (tertiary alicyclic amines) is 1. The van der Waals surface area contributed by atoms with Gasteiger partial charge < -0.3 is 4.90 Å². The highest BCUT2D eigenvalue weighted by Gasteiger charge is 2.47. The van der Waals surface area contributed by atoms with Crippen molar-refractivity contribution in [1.82, 2.24) is 4.90 Å². The van der Waals surface area contributed by atoms with Crippen molar-refractivity contribution in [2.75, 3.05) is 19.3 Å².